The van der Waals surface area contributed by atoms with E-state index in [-0.39, 0.29) is 12.6 Å². The molecule has 2 aromatic rings. The fraction of sp³-hybridized carbons (Fsp3) is 0.222. The quantitative estimate of drug-likeness (QED) is 0.443. The van der Waals surface area contributed by atoms with E-state index < -0.39 is 0 Å². The SMILES string of the molecule is O=CCCCc1ccc(C(=O)OCc2ccccc2)cc1. The molecule has 21 heavy (non-hydrogen) atoms. The first-order valence-electron chi connectivity index (χ1n) is 7.03. The lowest BCUT2D eigenvalue weighted by molar-refractivity contribution is -0.107. The molecule has 0 N–H and O–H groups in total. The van der Waals surface area contributed by atoms with E-state index in [2.05, 4.69) is 0 Å². The van der Waals surface area contributed by atoms with Crippen molar-refractivity contribution in [1.29, 1.82) is 0 Å². The zero-order valence-electron chi connectivity index (χ0n) is 11.8. The molecule has 0 amide bonds. The highest BCUT2D eigenvalue weighted by atomic mass is 16.5. The molecule has 0 atom stereocenters. The van der Waals surface area contributed by atoms with Crippen LogP contribution in [0.25, 0.3) is 0 Å². The number of esters is 1. The molecule has 108 valence electrons. The molecule has 0 spiro atoms. The minimum Gasteiger partial charge on any atom is -0.457 e. The fourth-order valence-electron chi connectivity index (χ4n) is 2.00. The Morgan fingerprint density at radius 1 is 0.952 bits per heavy atom. The van der Waals surface area contributed by atoms with E-state index in [0.29, 0.717) is 12.0 Å². The maximum Gasteiger partial charge on any atom is 0.338 e. The molecule has 0 aliphatic rings. The second-order valence-corrected chi connectivity index (χ2v) is 4.82. The van der Waals surface area contributed by atoms with Crippen LogP contribution in [0.5, 0.6) is 0 Å². The summed E-state index contributed by atoms with van der Waals surface area (Å²) in [5.74, 6) is -0.321. The first-order chi connectivity index (χ1) is 10.3. The third-order valence-corrected chi connectivity index (χ3v) is 3.19. The van der Waals surface area contributed by atoms with E-state index >= 15 is 0 Å². The zero-order chi connectivity index (χ0) is 14.9. The largest absolute Gasteiger partial charge is 0.457 e. The Morgan fingerprint density at radius 2 is 1.67 bits per heavy atom. The molecule has 0 heterocycles. The van der Waals surface area contributed by atoms with Gasteiger partial charge in [0.25, 0.3) is 0 Å². The predicted octanol–water partition coefficient (Wildman–Crippen LogP) is 3.57. The standard InChI is InChI=1S/C18H18O3/c19-13-5-4-6-15-9-11-17(12-10-15)18(20)21-14-16-7-2-1-3-8-16/h1-3,7-13H,4-6,14H2. The monoisotopic (exact) mass is 282 g/mol. The van der Waals surface area contributed by atoms with Crippen LogP contribution in [0.4, 0.5) is 0 Å². The maximum atomic E-state index is 11.9. The number of hydrogen-bond donors (Lipinski definition) is 0. The van der Waals surface area contributed by atoms with Crippen molar-refractivity contribution in [3.05, 3.63) is 71.3 Å². The van der Waals surface area contributed by atoms with Crippen LogP contribution in [0.3, 0.4) is 0 Å². The third-order valence-electron chi connectivity index (χ3n) is 3.19. The number of rotatable bonds is 7. The van der Waals surface area contributed by atoms with Crippen LogP contribution in [-0.2, 0) is 22.6 Å². The van der Waals surface area contributed by atoms with Crippen molar-refractivity contribution < 1.29 is 14.3 Å². The molecule has 3 nitrogen and oxygen atoms in total. The maximum absolute atomic E-state index is 11.9. The van der Waals surface area contributed by atoms with Crippen LogP contribution < -0.4 is 0 Å². The van der Waals surface area contributed by atoms with Gasteiger partial charge in [-0.2, -0.15) is 0 Å². The first kappa shape index (κ1) is 15.0. The second-order valence-electron chi connectivity index (χ2n) is 4.82. The van der Waals surface area contributed by atoms with E-state index in [4.69, 9.17) is 4.74 Å². The summed E-state index contributed by atoms with van der Waals surface area (Å²) in [6, 6.07) is 16.9. The average Bonchev–Trinajstić information content (AvgIpc) is 2.54. The summed E-state index contributed by atoms with van der Waals surface area (Å²) in [4.78, 5) is 22.2. The lowest BCUT2D eigenvalue weighted by Crippen LogP contribution is -2.05. The Kier molecular flexibility index (Phi) is 5.71. The van der Waals surface area contributed by atoms with Gasteiger partial charge in [0.1, 0.15) is 12.9 Å². The average molecular weight is 282 g/mol. The van der Waals surface area contributed by atoms with Crippen molar-refractivity contribution in [3.63, 3.8) is 0 Å². The molecule has 0 bridgehead atoms. The van der Waals surface area contributed by atoms with Gasteiger partial charge >= 0.3 is 5.97 Å². The summed E-state index contributed by atoms with van der Waals surface area (Å²) in [7, 11) is 0. The molecule has 0 unspecified atom stereocenters. The third kappa shape index (κ3) is 4.88. The molecule has 2 rings (SSSR count). The molecule has 0 radical (unpaired) electrons. The summed E-state index contributed by atoms with van der Waals surface area (Å²) in [5.41, 5.74) is 2.64. The Bertz CT molecular complexity index is 573. The summed E-state index contributed by atoms with van der Waals surface area (Å²) in [6.45, 7) is 0.279. The minimum atomic E-state index is -0.321. The van der Waals surface area contributed by atoms with Gasteiger partial charge in [0, 0.05) is 6.42 Å². The van der Waals surface area contributed by atoms with Gasteiger partial charge in [-0.3, -0.25) is 0 Å². The number of hydrogen-bond acceptors (Lipinski definition) is 3. The molecular weight excluding hydrogens is 264 g/mol. The van der Waals surface area contributed by atoms with Crippen molar-refractivity contribution in [1.82, 2.24) is 0 Å². The Balaban J connectivity index is 1.86. The summed E-state index contributed by atoms with van der Waals surface area (Å²) in [5, 5.41) is 0. The second kappa shape index (κ2) is 8.00. The van der Waals surface area contributed by atoms with Gasteiger partial charge in [0.05, 0.1) is 5.56 Å². The van der Waals surface area contributed by atoms with Crippen LogP contribution in [0.2, 0.25) is 0 Å². The van der Waals surface area contributed by atoms with Crippen molar-refractivity contribution in [2.45, 2.75) is 25.9 Å². The molecule has 0 saturated carbocycles. The first-order valence-corrected chi connectivity index (χ1v) is 7.03. The van der Waals surface area contributed by atoms with Crippen LogP contribution in [0.15, 0.2) is 54.6 Å². The zero-order valence-corrected chi connectivity index (χ0v) is 11.8. The highest BCUT2D eigenvalue weighted by Crippen LogP contribution is 2.10. The number of aldehydes is 1. The molecule has 0 aliphatic carbocycles. The Labute approximate surface area is 124 Å². The van der Waals surface area contributed by atoms with Gasteiger partial charge < -0.3 is 9.53 Å². The lowest BCUT2D eigenvalue weighted by Gasteiger charge is -2.06. The number of carbonyl (C=O) groups is 2. The van der Waals surface area contributed by atoms with Crippen LogP contribution >= 0.6 is 0 Å². The summed E-state index contributed by atoms with van der Waals surface area (Å²) in [6.07, 6.45) is 3.18. The molecule has 0 fully saturated rings. The van der Waals surface area contributed by atoms with E-state index in [1.165, 1.54) is 0 Å². The summed E-state index contributed by atoms with van der Waals surface area (Å²) < 4.78 is 5.27. The number of aryl methyl sites for hydroxylation is 1. The van der Waals surface area contributed by atoms with Gasteiger partial charge in [-0.1, -0.05) is 42.5 Å². The number of unbranched alkanes of at least 4 members (excludes halogenated alkanes) is 1. The molecule has 2 aromatic carbocycles. The minimum absolute atomic E-state index is 0.279. The molecule has 0 saturated heterocycles. The highest BCUT2D eigenvalue weighted by Gasteiger charge is 2.07. The number of ether oxygens (including phenoxy) is 1. The van der Waals surface area contributed by atoms with Crippen molar-refractivity contribution >= 4 is 12.3 Å². The normalized spacial score (nSPS) is 10.1. The van der Waals surface area contributed by atoms with Gasteiger partial charge in [-0.25, -0.2) is 4.79 Å². The van der Waals surface area contributed by atoms with Crippen LogP contribution in [0, 0.1) is 0 Å². The van der Waals surface area contributed by atoms with E-state index in [9.17, 15) is 9.59 Å². The summed E-state index contributed by atoms with van der Waals surface area (Å²) >= 11 is 0. The topological polar surface area (TPSA) is 43.4 Å². The smallest absolute Gasteiger partial charge is 0.338 e. The lowest BCUT2D eigenvalue weighted by atomic mass is 10.1. The van der Waals surface area contributed by atoms with Crippen molar-refractivity contribution in [2.75, 3.05) is 0 Å². The van der Waals surface area contributed by atoms with Gasteiger partial charge in [-0.05, 0) is 36.1 Å². The van der Waals surface area contributed by atoms with Gasteiger partial charge in [0.15, 0.2) is 0 Å². The van der Waals surface area contributed by atoms with Crippen LogP contribution in [-0.4, -0.2) is 12.3 Å². The fourth-order valence-corrected chi connectivity index (χ4v) is 2.00. The van der Waals surface area contributed by atoms with Gasteiger partial charge in [0.2, 0.25) is 0 Å². The van der Waals surface area contributed by atoms with Crippen LogP contribution in [0.1, 0.15) is 34.3 Å². The highest BCUT2D eigenvalue weighted by molar-refractivity contribution is 5.89. The Hall–Kier alpha value is -2.42. The van der Waals surface area contributed by atoms with Crippen molar-refractivity contribution in [3.8, 4) is 0 Å². The predicted molar refractivity (Wildman–Crippen MR) is 81.0 cm³/mol. The van der Waals surface area contributed by atoms with E-state index in [1.54, 1.807) is 12.1 Å². The van der Waals surface area contributed by atoms with E-state index in [1.807, 2.05) is 42.5 Å². The number of carbonyl (C=O) groups excluding carboxylic acids is 2. The van der Waals surface area contributed by atoms with Gasteiger partial charge in [-0.15, -0.1) is 0 Å². The van der Waals surface area contributed by atoms with E-state index in [0.717, 1.165) is 30.3 Å². The van der Waals surface area contributed by atoms with Crippen molar-refractivity contribution in [2.24, 2.45) is 0 Å². The number of benzene rings is 2. The molecule has 0 aromatic heterocycles. The molecule has 3 heteroatoms. The molecular formula is C18H18O3. The Morgan fingerprint density at radius 3 is 2.33 bits per heavy atom. The molecule has 0 aliphatic heterocycles.